The highest BCUT2D eigenvalue weighted by atomic mass is 79.9. The molecule has 5 heteroatoms. The number of rotatable bonds is 4. The highest BCUT2D eigenvalue weighted by Gasteiger charge is 2.24. The molecule has 0 aliphatic carbocycles. The van der Waals surface area contributed by atoms with E-state index in [0.717, 1.165) is 6.42 Å². The second-order valence-electron chi connectivity index (χ2n) is 4.20. The summed E-state index contributed by atoms with van der Waals surface area (Å²) in [6.07, 6.45) is 0.754. The first-order valence-corrected chi connectivity index (χ1v) is 6.44. The molecule has 1 amide bonds. The minimum absolute atomic E-state index is 0.0509. The molecule has 0 radical (unpaired) electrons. The predicted octanol–water partition coefficient (Wildman–Crippen LogP) is 2.39. The van der Waals surface area contributed by atoms with E-state index in [9.17, 15) is 15.0 Å². The zero-order valence-electron chi connectivity index (χ0n) is 9.83. The molecular weight excluding hydrogens is 286 g/mol. The normalized spacial score (nSPS) is 14.1. The topological polar surface area (TPSA) is 69.6 Å². The van der Waals surface area contributed by atoms with Crippen molar-refractivity contribution in [2.75, 3.05) is 5.33 Å². The molecule has 4 nitrogen and oxygen atoms in total. The van der Waals surface area contributed by atoms with E-state index in [-0.39, 0.29) is 22.6 Å². The lowest BCUT2D eigenvalue weighted by Gasteiger charge is -2.27. The first-order valence-electron chi connectivity index (χ1n) is 5.32. The van der Waals surface area contributed by atoms with Crippen LogP contribution in [0.5, 0.6) is 11.5 Å². The Morgan fingerprint density at radius 2 is 2.12 bits per heavy atom. The molecule has 0 fully saturated rings. The van der Waals surface area contributed by atoms with E-state index in [0.29, 0.717) is 5.33 Å². The molecular formula is C12H16BrNO3. The van der Waals surface area contributed by atoms with Gasteiger partial charge in [0, 0.05) is 10.9 Å². The minimum Gasteiger partial charge on any atom is -0.508 e. The van der Waals surface area contributed by atoms with Crippen molar-refractivity contribution in [1.82, 2.24) is 5.32 Å². The van der Waals surface area contributed by atoms with Crippen molar-refractivity contribution < 1.29 is 15.0 Å². The Labute approximate surface area is 109 Å². The quantitative estimate of drug-likeness (QED) is 0.591. The van der Waals surface area contributed by atoms with Gasteiger partial charge in [-0.15, -0.1) is 0 Å². The Bertz CT molecular complexity index is 416. The van der Waals surface area contributed by atoms with Gasteiger partial charge in [0.2, 0.25) is 0 Å². The highest BCUT2D eigenvalue weighted by Crippen LogP contribution is 2.23. The Morgan fingerprint density at radius 3 is 2.65 bits per heavy atom. The summed E-state index contributed by atoms with van der Waals surface area (Å²) >= 11 is 3.34. The smallest absolute Gasteiger partial charge is 0.255 e. The van der Waals surface area contributed by atoms with Gasteiger partial charge >= 0.3 is 0 Å². The number of phenolic OH excluding ortho intramolecular Hbond substituents is 2. The number of carbonyl (C=O) groups is 1. The molecule has 0 aliphatic heterocycles. The number of aromatic hydroxyl groups is 2. The van der Waals surface area contributed by atoms with Crippen LogP contribution in [0.15, 0.2) is 18.2 Å². The molecule has 0 aromatic heterocycles. The SMILES string of the molecule is CCC(C)(CBr)NC(=O)c1cc(O)ccc1O. The van der Waals surface area contributed by atoms with Gasteiger partial charge in [-0.1, -0.05) is 22.9 Å². The molecule has 1 aromatic rings. The summed E-state index contributed by atoms with van der Waals surface area (Å²) in [6, 6.07) is 3.87. The molecule has 0 saturated carbocycles. The lowest BCUT2D eigenvalue weighted by molar-refractivity contribution is 0.0910. The fourth-order valence-electron chi connectivity index (χ4n) is 1.26. The molecule has 1 atom stereocenters. The van der Waals surface area contributed by atoms with Gasteiger partial charge in [0.15, 0.2) is 0 Å². The summed E-state index contributed by atoms with van der Waals surface area (Å²) in [5.41, 5.74) is -0.305. The second kappa shape index (κ2) is 5.40. The first-order chi connectivity index (χ1) is 7.91. The van der Waals surface area contributed by atoms with E-state index in [4.69, 9.17) is 0 Å². The van der Waals surface area contributed by atoms with Crippen LogP contribution in [0, 0.1) is 0 Å². The van der Waals surface area contributed by atoms with Crippen LogP contribution in [0.2, 0.25) is 0 Å². The van der Waals surface area contributed by atoms with Crippen LogP contribution in [-0.4, -0.2) is 27.0 Å². The number of halogens is 1. The maximum Gasteiger partial charge on any atom is 0.255 e. The highest BCUT2D eigenvalue weighted by molar-refractivity contribution is 9.09. The molecule has 94 valence electrons. The van der Waals surface area contributed by atoms with Crippen LogP contribution in [0.1, 0.15) is 30.6 Å². The van der Waals surface area contributed by atoms with Gasteiger partial charge in [0.05, 0.1) is 5.56 Å². The van der Waals surface area contributed by atoms with Crippen LogP contribution in [0.4, 0.5) is 0 Å². The number of nitrogens with one attached hydrogen (secondary N) is 1. The number of benzene rings is 1. The third-order valence-corrected chi connectivity index (χ3v) is 3.95. The largest absolute Gasteiger partial charge is 0.508 e. The van der Waals surface area contributed by atoms with Crippen molar-refractivity contribution in [2.45, 2.75) is 25.8 Å². The lowest BCUT2D eigenvalue weighted by atomic mass is 10.0. The van der Waals surface area contributed by atoms with Crippen molar-refractivity contribution in [1.29, 1.82) is 0 Å². The Kier molecular flexibility index (Phi) is 4.40. The number of alkyl halides is 1. The van der Waals surface area contributed by atoms with Crippen LogP contribution < -0.4 is 5.32 Å². The van der Waals surface area contributed by atoms with Crippen molar-refractivity contribution in [3.63, 3.8) is 0 Å². The fourth-order valence-corrected chi connectivity index (χ4v) is 1.80. The molecule has 0 spiro atoms. The van der Waals surface area contributed by atoms with E-state index < -0.39 is 5.91 Å². The lowest BCUT2D eigenvalue weighted by Crippen LogP contribution is -2.46. The summed E-state index contributed by atoms with van der Waals surface area (Å²) in [7, 11) is 0. The molecule has 1 aromatic carbocycles. The van der Waals surface area contributed by atoms with E-state index in [2.05, 4.69) is 21.2 Å². The Morgan fingerprint density at radius 1 is 1.47 bits per heavy atom. The standard InChI is InChI=1S/C12H16BrNO3/c1-3-12(2,7-13)14-11(17)9-6-8(15)4-5-10(9)16/h4-6,15-16H,3,7H2,1-2H3,(H,14,17). The average molecular weight is 302 g/mol. The fraction of sp³-hybridized carbons (Fsp3) is 0.417. The summed E-state index contributed by atoms with van der Waals surface area (Å²) in [5, 5.41) is 22.3. The van der Waals surface area contributed by atoms with E-state index in [1.54, 1.807) is 0 Å². The molecule has 3 N–H and O–H groups in total. The second-order valence-corrected chi connectivity index (χ2v) is 4.76. The van der Waals surface area contributed by atoms with E-state index >= 15 is 0 Å². The number of hydrogen-bond acceptors (Lipinski definition) is 3. The van der Waals surface area contributed by atoms with E-state index in [1.165, 1.54) is 18.2 Å². The third-order valence-electron chi connectivity index (χ3n) is 2.72. The monoisotopic (exact) mass is 301 g/mol. The van der Waals surface area contributed by atoms with Crippen molar-refractivity contribution in [3.05, 3.63) is 23.8 Å². The maximum absolute atomic E-state index is 11.9. The molecule has 17 heavy (non-hydrogen) atoms. The van der Waals surface area contributed by atoms with E-state index in [1.807, 2.05) is 13.8 Å². The minimum atomic E-state index is -0.401. The number of carbonyl (C=O) groups excluding carboxylic acids is 1. The molecule has 0 saturated heterocycles. The number of phenols is 2. The van der Waals surface area contributed by atoms with Gasteiger partial charge in [-0.2, -0.15) is 0 Å². The zero-order chi connectivity index (χ0) is 13.1. The predicted molar refractivity (Wildman–Crippen MR) is 69.7 cm³/mol. The van der Waals surface area contributed by atoms with Gasteiger partial charge in [0.1, 0.15) is 11.5 Å². The summed E-state index contributed by atoms with van der Waals surface area (Å²) in [4.78, 5) is 11.9. The van der Waals surface area contributed by atoms with Crippen molar-refractivity contribution in [3.8, 4) is 11.5 Å². The summed E-state index contributed by atoms with van der Waals surface area (Å²) in [6.45, 7) is 3.86. The average Bonchev–Trinajstić information content (AvgIpc) is 2.32. The van der Waals surface area contributed by atoms with Gasteiger partial charge in [-0.25, -0.2) is 0 Å². The maximum atomic E-state index is 11.9. The molecule has 0 heterocycles. The first kappa shape index (κ1) is 13.8. The Balaban J connectivity index is 2.94. The number of hydrogen-bond donors (Lipinski definition) is 3. The molecule has 1 unspecified atom stereocenters. The van der Waals surface area contributed by atoms with Crippen LogP contribution in [-0.2, 0) is 0 Å². The molecule has 1 rings (SSSR count). The van der Waals surface area contributed by atoms with Crippen LogP contribution in [0.3, 0.4) is 0 Å². The van der Waals surface area contributed by atoms with Gasteiger partial charge in [0.25, 0.3) is 5.91 Å². The van der Waals surface area contributed by atoms with Crippen molar-refractivity contribution >= 4 is 21.8 Å². The molecule has 0 bridgehead atoms. The van der Waals surface area contributed by atoms with Gasteiger partial charge < -0.3 is 15.5 Å². The van der Waals surface area contributed by atoms with Gasteiger partial charge in [-0.05, 0) is 31.5 Å². The third kappa shape index (κ3) is 3.36. The Hall–Kier alpha value is -1.23. The summed E-state index contributed by atoms with van der Waals surface area (Å²) in [5.74, 6) is -0.597. The zero-order valence-corrected chi connectivity index (χ0v) is 11.4. The summed E-state index contributed by atoms with van der Waals surface area (Å²) < 4.78 is 0. The van der Waals surface area contributed by atoms with Crippen LogP contribution in [0.25, 0.3) is 0 Å². The molecule has 0 aliphatic rings. The number of amides is 1. The van der Waals surface area contributed by atoms with Crippen LogP contribution >= 0.6 is 15.9 Å². The van der Waals surface area contributed by atoms with Crippen molar-refractivity contribution in [2.24, 2.45) is 0 Å². The van der Waals surface area contributed by atoms with Gasteiger partial charge in [-0.3, -0.25) is 4.79 Å².